The molecule has 2 aliphatic rings. The molecule has 1 aromatic rings. The van der Waals surface area contributed by atoms with Crippen LogP contribution in [-0.2, 0) is 0 Å². The first-order valence-corrected chi connectivity index (χ1v) is 8.53. The van der Waals surface area contributed by atoms with Gasteiger partial charge in [0.05, 0.1) is 15.7 Å². The van der Waals surface area contributed by atoms with Gasteiger partial charge in [-0.1, -0.05) is 42.5 Å². The number of halogens is 3. The van der Waals surface area contributed by atoms with Gasteiger partial charge in [-0.2, -0.15) is 0 Å². The smallest absolute Gasteiger partial charge is 0.126 e. The molecule has 21 heavy (non-hydrogen) atoms. The van der Waals surface area contributed by atoms with Crippen LogP contribution in [0, 0.1) is 11.7 Å². The fraction of sp³-hybridized carbons (Fsp3) is 0.625. The molecule has 1 atom stereocenters. The van der Waals surface area contributed by atoms with Crippen LogP contribution in [-0.4, -0.2) is 25.7 Å². The summed E-state index contributed by atoms with van der Waals surface area (Å²) in [4.78, 5) is 2.21. The van der Waals surface area contributed by atoms with E-state index >= 15 is 0 Å². The van der Waals surface area contributed by atoms with Gasteiger partial charge in [0.25, 0.3) is 0 Å². The number of nitrogens with one attached hydrogen (secondary N) is 1. The summed E-state index contributed by atoms with van der Waals surface area (Å²) in [6.45, 7) is 2.68. The molecule has 1 heterocycles. The Balaban J connectivity index is 1.76. The van der Waals surface area contributed by atoms with Crippen molar-refractivity contribution in [2.45, 2.75) is 38.1 Å². The van der Waals surface area contributed by atoms with Crippen LogP contribution in [0.1, 0.15) is 32.1 Å². The van der Waals surface area contributed by atoms with Crippen molar-refractivity contribution in [1.29, 1.82) is 0 Å². The number of piperazine rings is 1. The molecular weight excluding hydrogens is 310 g/mol. The SMILES string of the molecule is Fc1cc(Cl)c(N2CCNC(C3CCCCC3)C2)c(Cl)c1. The highest BCUT2D eigenvalue weighted by Gasteiger charge is 2.29. The normalized spacial score (nSPS) is 24.3. The maximum absolute atomic E-state index is 13.3. The Morgan fingerprint density at radius 2 is 1.76 bits per heavy atom. The number of benzene rings is 1. The Morgan fingerprint density at radius 1 is 1.10 bits per heavy atom. The Labute approximate surface area is 135 Å². The first-order chi connectivity index (χ1) is 10.1. The highest BCUT2D eigenvalue weighted by molar-refractivity contribution is 6.39. The van der Waals surface area contributed by atoms with Gasteiger partial charge in [0, 0.05) is 25.7 Å². The highest BCUT2D eigenvalue weighted by Crippen LogP contribution is 2.36. The number of hydrogen-bond acceptors (Lipinski definition) is 2. The lowest BCUT2D eigenvalue weighted by molar-refractivity contribution is 0.257. The van der Waals surface area contributed by atoms with E-state index in [2.05, 4.69) is 10.2 Å². The second kappa shape index (κ2) is 6.72. The van der Waals surface area contributed by atoms with Crippen molar-refractivity contribution in [3.8, 4) is 0 Å². The third-order valence-electron chi connectivity index (χ3n) is 4.72. The van der Waals surface area contributed by atoms with E-state index in [1.165, 1.54) is 44.2 Å². The monoisotopic (exact) mass is 330 g/mol. The van der Waals surface area contributed by atoms with E-state index < -0.39 is 0 Å². The lowest BCUT2D eigenvalue weighted by Crippen LogP contribution is -2.54. The van der Waals surface area contributed by atoms with Crippen molar-refractivity contribution in [3.05, 3.63) is 28.0 Å². The van der Waals surface area contributed by atoms with E-state index in [1.54, 1.807) is 0 Å². The summed E-state index contributed by atoms with van der Waals surface area (Å²) in [7, 11) is 0. The maximum atomic E-state index is 13.3. The van der Waals surface area contributed by atoms with Gasteiger partial charge < -0.3 is 10.2 Å². The van der Waals surface area contributed by atoms with Crippen LogP contribution in [0.5, 0.6) is 0 Å². The number of hydrogen-bond donors (Lipinski definition) is 1. The zero-order valence-electron chi connectivity index (χ0n) is 12.0. The van der Waals surface area contributed by atoms with Crippen molar-refractivity contribution in [1.82, 2.24) is 5.32 Å². The van der Waals surface area contributed by atoms with E-state index in [4.69, 9.17) is 23.2 Å². The summed E-state index contributed by atoms with van der Waals surface area (Å²) in [6.07, 6.45) is 6.64. The van der Waals surface area contributed by atoms with Crippen molar-refractivity contribution in [2.75, 3.05) is 24.5 Å². The molecule has 0 spiro atoms. The van der Waals surface area contributed by atoms with Crippen molar-refractivity contribution >= 4 is 28.9 Å². The summed E-state index contributed by atoms with van der Waals surface area (Å²) in [6, 6.07) is 3.18. The topological polar surface area (TPSA) is 15.3 Å². The number of rotatable bonds is 2. The fourth-order valence-corrected chi connectivity index (χ4v) is 4.37. The van der Waals surface area contributed by atoms with Gasteiger partial charge in [-0.15, -0.1) is 0 Å². The van der Waals surface area contributed by atoms with Gasteiger partial charge in [-0.3, -0.25) is 0 Å². The van der Waals surface area contributed by atoms with Crippen LogP contribution in [0.25, 0.3) is 0 Å². The average molecular weight is 331 g/mol. The van der Waals surface area contributed by atoms with Gasteiger partial charge in [-0.25, -0.2) is 4.39 Å². The molecule has 3 rings (SSSR count). The minimum Gasteiger partial charge on any atom is -0.366 e. The fourth-order valence-electron chi connectivity index (χ4n) is 3.67. The molecule has 1 saturated carbocycles. The van der Waals surface area contributed by atoms with E-state index in [0.29, 0.717) is 16.1 Å². The molecule has 2 nitrogen and oxygen atoms in total. The van der Waals surface area contributed by atoms with Gasteiger partial charge >= 0.3 is 0 Å². The quantitative estimate of drug-likeness (QED) is 0.859. The van der Waals surface area contributed by atoms with E-state index in [0.717, 1.165) is 31.2 Å². The Bertz CT molecular complexity index is 480. The summed E-state index contributed by atoms with van der Waals surface area (Å²) in [5.41, 5.74) is 0.780. The van der Waals surface area contributed by atoms with Gasteiger partial charge in [0.2, 0.25) is 0 Å². The third-order valence-corrected chi connectivity index (χ3v) is 5.30. The van der Waals surface area contributed by atoms with E-state index in [1.807, 2.05) is 0 Å². The van der Waals surface area contributed by atoms with Crippen LogP contribution in [0.2, 0.25) is 10.0 Å². The molecule has 1 aromatic carbocycles. The summed E-state index contributed by atoms with van der Waals surface area (Å²) < 4.78 is 13.3. The van der Waals surface area contributed by atoms with Crippen LogP contribution < -0.4 is 10.2 Å². The summed E-state index contributed by atoms with van der Waals surface area (Å²) in [5, 5.41) is 4.45. The highest BCUT2D eigenvalue weighted by atomic mass is 35.5. The standard InChI is InChI=1S/C16H21Cl2FN2/c17-13-8-12(19)9-14(18)16(13)21-7-6-20-15(10-21)11-4-2-1-3-5-11/h8-9,11,15,20H,1-7,10H2. The zero-order chi connectivity index (χ0) is 14.8. The van der Waals surface area contributed by atoms with Crippen LogP contribution in [0.3, 0.4) is 0 Å². The summed E-state index contributed by atoms with van der Waals surface area (Å²) in [5.74, 6) is 0.354. The van der Waals surface area contributed by atoms with Crippen LogP contribution in [0.4, 0.5) is 10.1 Å². The van der Waals surface area contributed by atoms with Gasteiger partial charge in [0.15, 0.2) is 0 Å². The molecule has 1 N–H and O–H groups in total. The Hall–Kier alpha value is -0.510. The molecule has 116 valence electrons. The van der Waals surface area contributed by atoms with Gasteiger partial charge in [0.1, 0.15) is 5.82 Å². The van der Waals surface area contributed by atoms with E-state index in [-0.39, 0.29) is 5.82 Å². The molecule has 0 radical (unpaired) electrons. The summed E-state index contributed by atoms with van der Waals surface area (Å²) >= 11 is 12.4. The van der Waals surface area contributed by atoms with Crippen LogP contribution in [0.15, 0.2) is 12.1 Å². The lowest BCUT2D eigenvalue weighted by atomic mass is 9.83. The van der Waals surface area contributed by atoms with E-state index in [9.17, 15) is 4.39 Å². The molecule has 0 bridgehead atoms. The lowest BCUT2D eigenvalue weighted by Gasteiger charge is -2.40. The van der Waals surface area contributed by atoms with Crippen LogP contribution >= 0.6 is 23.2 Å². The first-order valence-electron chi connectivity index (χ1n) is 7.78. The average Bonchev–Trinajstić information content (AvgIpc) is 2.47. The maximum Gasteiger partial charge on any atom is 0.126 e. The van der Waals surface area contributed by atoms with Crippen molar-refractivity contribution in [2.24, 2.45) is 5.92 Å². The molecular formula is C16H21Cl2FN2. The molecule has 1 saturated heterocycles. The first kappa shape index (κ1) is 15.4. The number of nitrogens with zero attached hydrogens (tertiary/aromatic N) is 1. The second-order valence-electron chi connectivity index (χ2n) is 6.12. The molecule has 0 aromatic heterocycles. The molecule has 5 heteroatoms. The molecule has 0 amide bonds. The largest absolute Gasteiger partial charge is 0.366 e. The molecule has 1 aliphatic carbocycles. The molecule has 1 aliphatic heterocycles. The minimum absolute atomic E-state index is 0.382. The molecule has 2 fully saturated rings. The van der Waals surface area contributed by atoms with Crippen molar-refractivity contribution < 1.29 is 4.39 Å². The Kier molecular flexibility index (Phi) is 4.92. The predicted molar refractivity (Wildman–Crippen MR) is 87.0 cm³/mol. The third kappa shape index (κ3) is 3.46. The minimum atomic E-state index is -0.382. The number of anilines is 1. The molecule has 1 unspecified atom stereocenters. The van der Waals surface area contributed by atoms with Crippen molar-refractivity contribution in [3.63, 3.8) is 0 Å². The second-order valence-corrected chi connectivity index (χ2v) is 6.94. The Morgan fingerprint density at radius 3 is 2.43 bits per heavy atom. The zero-order valence-corrected chi connectivity index (χ0v) is 13.6. The predicted octanol–water partition coefficient (Wildman–Crippen LogP) is 4.49. The van der Waals surface area contributed by atoms with Gasteiger partial charge in [-0.05, 0) is 30.9 Å².